The predicted octanol–water partition coefficient (Wildman–Crippen LogP) is 5.40. The van der Waals surface area contributed by atoms with Crippen molar-refractivity contribution in [3.05, 3.63) is 64.0 Å². The molecule has 1 saturated heterocycles. The summed E-state index contributed by atoms with van der Waals surface area (Å²) in [5, 5.41) is 8.20. The van der Waals surface area contributed by atoms with Crippen LogP contribution in [0.3, 0.4) is 0 Å². The fourth-order valence-corrected chi connectivity index (χ4v) is 4.70. The Morgan fingerprint density at radius 2 is 1.94 bits per heavy atom. The van der Waals surface area contributed by atoms with Gasteiger partial charge in [-0.25, -0.2) is 0 Å². The average Bonchev–Trinajstić information content (AvgIpc) is 3.31. The van der Waals surface area contributed by atoms with Crippen LogP contribution in [0.15, 0.2) is 47.0 Å². The van der Waals surface area contributed by atoms with Gasteiger partial charge in [-0.3, -0.25) is 9.69 Å². The van der Waals surface area contributed by atoms with Crippen molar-refractivity contribution in [3.8, 4) is 17.1 Å². The van der Waals surface area contributed by atoms with Crippen molar-refractivity contribution in [2.75, 3.05) is 26.2 Å². The highest BCUT2D eigenvalue weighted by Gasteiger charge is 2.26. The number of hydrogen-bond donors (Lipinski definition) is 1. The fraction of sp³-hybridized carbons (Fsp3) is 0.423. The van der Waals surface area contributed by atoms with Crippen LogP contribution < -0.4 is 10.1 Å². The summed E-state index contributed by atoms with van der Waals surface area (Å²) in [6.45, 7) is 5.50. The first-order valence-corrected chi connectivity index (χ1v) is 12.8. The third-order valence-corrected chi connectivity index (χ3v) is 6.68. The van der Waals surface area contributed by atoms with Gasteiger partial charge in [0, 0.05) is 23.0 Å². The lowest BCUT2D eigenvalue weighted by Gasteiger charge is -2.30. The zero-order chi connectivity index (χ0) is 24.6. The van der Waals surface area contributed by atoms with Crippen molar-refractivity contribution in [3.63, 3.8) is 0 Å². The van der Waals surface area contributed by atoms with E-state index in [1.165, 1.54) is 5.56 Å². The number of piperidine rings is 1. The Bertz CT molecular complexity index is 1110. The van der Waals surface area contributed by atoms with E-state index in [1.807, 2.05) is 19.1 Å². The van der Waals surface area contributed by atoms with Crippen molar-refractivity contribution < 1.29 is 14.1 Å². The van der Waals surface area contributed by atoms with Crippen molar-refractivity contribution in [1.82, 2.24) is 20.4 Å². The van der Waals surface area contributed by atoms with E-state index in [2.05, 4.69) is 32.5 Å². The zero-order valence-corrected chi connectivity index (χ0v) is 21.3. The molecule has 35 heavy (non-hydrogen) atoms. The third kappa shape index (κ3) is 7.19. The van der Waals surface area contributed by atoms with Crippen LogP contribution in [0.25, 0.3) is 11.4 Å². The molecule has 2 heterocycles. The molecule has 2 aromatic carbocycles. The van der Waals surface area contributed by atoms with Crippen LogP contribution in [0, 0.1) is 5.92 Å². The number of carbonyl (C=O) groups is 1. The van der Waals surface area contributed by atoms with Crippen LogP contribution in [0.4, 0.5) is 0 Å². The molecule has 0 spiro atoms. The Kier molecular flexibility index (Phi) is 9.01. The summed E-state index contributed by atoms with van der Waals surface area (Å²) in [6, 6.07) is 13.3. The summed E-state index contributed by atoms with van der Waals surface area (Å²) in [4.78, 5) is 19.3. The molecule has 4 rings (SSSR count). The van der Waals surface area contributed by atoms with Gasteiger partial charge in [0.15, 0.2) is 0 Å². The molecule has 186 valence electrons. The average molecular weight is 517 g/mol. The number of hydrogen-bond acceptors (Lipinski definition) is 6. The smallest absolute Gasteiger partial charge is 0.241 e. The van der Waals surface area contributed by atoms with E-state index in [0.29, 0.717) is 47.0 Å². The molecular weight excluding hydrogens is 487 g/mol. The molecule has 1 aromatic heterocycles. The van der Waals surface area contributed by atoms with E-state index in [0.717, 1.165) is 44.5 Å². The lowest BCUT2D eigenvalue weighted by molar-refractivity contribution is -0.126. The largest absolute Gasteiger partial charge is 0.494 e. The van der Waals surface area contributed by atoms with Crippen LogP contribution in [-0.4, -0.2) is 47.2 Å². The molecule has 9 heteroatoms. The monoisotopic (exact) mass is 516 g/mol. The van der Waals surface area contributed by atoms with Gasteiger partial charge >= 0.3 is 0 Å². The number of halogens is 2. The van der Waals surface area contributed by atoms with Crippen LogP contribution in [0.2, 0.25) is 10.0 Å². The maximum Gasteiger partial charge on any atom is 0.241 e. The van der Waals surface area contributed by atoms with E-state index in [1.54, 1.807) is 18.2 Å². The van der Waals surface area contributed by atoms with Crippen molar-refractivity contribution in [2.45, 2.75) is 39.2 Å². The van der Waals surface area contributed by atoms with Gasteiger partial charge in [0.25, 0.3) is 0 Å². The van der Waals surface area contributed by atoms with Gasteiger partial charge < -0.3 is 14.6 Å². The molecular formula is C26H30Cl2N4O3. The number of ether oxygens (including phenoxy) is 1. The first-order valence-electron chi connectivity index (χ1n) is 12.0. The predicted molar refractivity (Wildman–Crippen MR) is 137 cm³/mol. The second-order valence-corrected chi connectivity index (χ2v) is 9.50. The number of benzene rings is 2. The van der Waals surface area contributed by atoms with Gasteiger partial charge in [-0.15, -0.1) is 0 Å². The molecule has 1 aliphatic heterocycles. The fourth-order valence-electron chi connectivity index (χ4n) is 4.21. The minimum Gasteiger partial charge on any atom is -0.494 e. The van der Waals surface area contributed by atoms with Gasteiger partial charge in [-0.2, -0.15) is 4.98 Å². The molecule has 0 saturated carbocycles. The van der Waals surface area contributed by atoms with Gasteiger partial charge in [0.1, 0.15) is 5.75 Å². The molecule has 1 amide bonds. The molecule has 0 unspecified atom stereocenters. The molecule has 0 atom stereocenters. The summed E-state index contributed by atoms with van der Waals surface area (Å²) in [5.41, 5.74) is 1.93. The van der Waals surface area contributed by atoms with E-state index < -0.39 is 0 Å². The third-order valence-electron chi connectivity index (χ3n) is 6.13. The van der Waals surface area contributed by atoms with Gasteiger partial charge in [-0.1, -0.05) is 40.5 Å². The molecule has 0 bridgehead atoms. The Morgan fingerprint density at radius 1 is 1.17 bits per heavy atom. The number of aromatic nitrogens is 2. The first kappa shape index (κ1) is 25.5. The highest BCUT2D eigenvalue weighted by Crippen LogP contribution is 2.28. The summed E-state index contributed by atoms with van der Waals surface area (Å²) in [7, 11) is 0. The topological polar surface area (TPSA) is 80.5 Å². The number of carbonyl (C=O) groups excluding carboxylic acids is 1. The highest BCUT2D eigenvalue weighted by molar-refractivity contribution is 6.36. The summed E-state index contributed by atoms with van der Waals surface area (Å²) >= 11 is 12.2. The second-order valence-electron chi connectivity index (χ2n) is 8.66. The number of rotatable bonds is 10. The summed E-state index contributed by atoms with van der Waals surface area (Å²) in [5.74, 6) is 2.06. The minimum absolute atomic E-state index is 0.0443. The van der Waals surface area contributed by atoms with Gasteiger partial charge in [0.05, 0.1) is 18.2 Å². The van der Waals surface area contributed by atoms with Crippen molar-refractivity contribution >= 4 is 29.1 Å². The SMILES string of the molecule is CCOc1ccc(CCCNC(=O)C2CCN(Cc3nc(-c4ccc(Cl)cc4Cl)no3)CC2)cc1. The lowest BCUT2D eigenvalue weighted by Crippen LogP contribution is -2.40. The van der Waals surface area contributed by atoms with E-state index in [9.17, 15) is 4.79 Å². The van der Waals surface area contributed by atoms with Gasteiger partial charge in [-0.05, 0) is 81.6 Å². The Hall–Kier alpha value is -2.61. The van der Waals surface area contributed by atoms with Crippen LogP contribution in [0.1, 0.15) is 37.6 Å². The Labute approximate surface area is 215 Å². The number of amides is 1. The number of nitrogens with one attached hydrogen (secondary N) is 1. The van der Waals surface area contributed by atoms with Crippen molar-refractivity contribution in [1.29, 1.82) is 0 Å². The molecule has 3 aromatic rings. The molecule has 1 N–H and O–H groups in total. The standard InChI is InChI=1S/C26H30Cl2N4O3/c1-2-34-21-8-5-18(6-9-21)4-3-13-29-26(33)19-11-14-32(15-12-19)17-24-30-25(31-35-24)22-10-7-20(27)16-23(22)28/h5-10,16,19H,2-4,11-15,17H2,1H3,(H,29,33). The molecule has 1 fully saturated rings. The van der Waals surface area contributed by atoms with Gasteiger partial charge in [0.2, 0.25) is 17.6 Å². The Morgan fingerprint density at radius 3 is 2.66 bits per heavy atom. The zero-order valence-electron chi connectivity index (χ0n) is 19.8. The van der Waals surface area contributed by atoms with E-state index in [4.69, 9.17) is 32.5 Å². The quantitative estimate of drug-likeness (QED) is 0.363. The first-order chi connectivity index (χ1) is 17.0. The van der Waals surface area contributed by atoms with Crippen molar-refractivity contribution in [2.24, 2.45) is 5.92 Å². The number of aryl methyl sites for hydroxylation is 1. The van der Waals surface area contributed by atoms with E-state index >= 15 is 0 Å². The normalized spacial score (nSPS) is 14.7. The molecule has 1 aliphatic rings. The number of nitrogens with zero attached hydrogens (tertiary/aromatic N) is 3. The number of likely N-dealkylation sites (tertiary alicyclic amines) is 1. The maximum absolute atomic E-state index is 12.6. The highest BCUT2D eigenvalue weighted by atomic mass is 35.5. The molecule has 7 nitrogen and oxygen atoms in total. The summed E-state index contributed by atoms with van der Waals surface area (Å²) < 4.78 is 10.9. The van der Waals surface area contributed by atoms with Crippen LogP contribution in [-0.2, 0) is 17.8 Å². The lowest BCUT2D eigenvalue weighted by atomic mass is 9.96. The van der Waals surface area contributed by atoms with Crippen LogP contribution in [0.5, 0.6) is 5.75 Å². The Balaban J connectivity index is 1.16. The molecule has 0 aliphatic carbocycles. The second kappa shape index (κ2) is 12.4. The molecule has 0 radical (unpaired) electrons. The maximum atomic E-state index is 12.6. The summed E-state index contributed by atoms with van der Waals surface area (Å²) in [6.07, 6.45) is 3.47. The van der Waals surface area contributed by atoms with Crippen LogP contribution >= 0.6 is 23.2 Å². The minimum atomic E-state index is 0.0443. The van der Waals surface area contributed by atoms with E-state index in [-0.39, 0.29) is 11.8 Å².